The summed E-state index contributed by atoms with van der Waals surface area (Å²) in [5.41, 5.74) is 0.0589. The first-order valence-electron chi connectivity index (χ1n) is 5.07. The summed E-state index contributed by atoms with van der Waals surface area (Å²) in [4.78, 5) is 0. The summed E-state index contributed by atoms with van der Waals surface area (Å²) in [6, 6.07) is 0.597. The molecule has 2 aliphatic rings. The van der Waals surface area contributed by atoms with Crippen molar-refractivity contribution in [1.29, 1.82) is 0 Å². The highest BCUT2D eigenvalue weighted by molar-refractivity contribution is 4.96. The van der Waals surface area contributed by atoms with Crippen molar-refractivity contribution in [2.75, 3.05) is 13.2 Å². The predicted molar refractivity (Wildman–Crippen MR) is 49.2 cm³/mol. The van der Waals surface area contributed by atoms with E-state index in [4.69, 9.17) is 4.74 Å². The van der Waals surface area contributed by atoms with Crippen LogP contribution in [0.2, 0.25) is 0 Å². The highest BCUT2D eigenvalue weighted by atomic mass is 16.5. The van der Waals surface area contributed by atoms with E-state index in [1.54, 1.807) is 0 Å². The summed E-state index contributed by atoms with van der Waals surface area (Å²) in [6.07, 6.45) is 4.20. The van der Waals surface area contributed by atoms with E-state index in [2.05, 4.69) is 19.2 Å². The first-order valence-corrected chi connectivity index (χ1v) is 5.07. The molecule has 1 atom stereocenters. The smallest absolute Gasteiger partial charge is 0.0782 e. The first kappa shape index (κ1) is 8.52. The van der Waals surface area contributed by atoms with Gasteiger partial charge in [0.25, 0.3) is 0 Å². The second-order valence-electron chi connectivity index (χ2n) is 4.57. The Morgan fingerprint density at radius 1 is 1.33 bits per heavy atom. The first-order chi connectivity index (χ1) is 5.70. The van der Waals surface area contributed by atoms with Crippen LogP contribution < -0.4 is 5.32 Å². The van der Waals surface area contributed by atoms with Gasteiger partial charge in [0.05, 0.1) is 12.2 Å². The number of hydrogen-bond acceptors (Lipinski definition) is 2. The van der Waals surface area contributed by atoms with Gasteiger partial charge in [0.15, 0.2) is 0 Å². The van der Waals surface area contributed by atoms with Crippen LogP contribution in [-0.2, 0) is 4.74 Å². The standard InChI is InChI=1S/C10H19NO/c1-10(2)9(8-4-3-5-8)11-6-7-12-10/h8-9,11H,3-7H2,1-2H3. The zero-order valence-corrected chi connectivity index (χ0v) is 8.10. The minimum atomic E-state index is 0.0589. The Morgan fingerprint density at radius 3 is 2.58 bits per heavy atom. The number of hydrogen-bond donors (Lipinski definition) is 1. The van der Waals surface area contributed by atoms with Gasteiger partial charge in [-0.2, -0.15) is 0 Å². The minimum absolute atomic E-state index is 0.0589. The molecule has 0 aromatic carbocycles. The van der Waals surface area contributed by atoms with Crippen LogP contribution in [-0.4, -0.2) is 24.8 Å². The maximum Gasteiger partial charge on any atom is 0.0782 e. The van der Waals surface area contributed by atoms with E-state index in [1.165, 1.54) is 19.3 Å². The molecule has 1 heterocycles. The van der Waals surface area contributed by atoms with Crippen LogP contribution in [0, 0.1) is 5.92 Å². The van der Waals surface area contributed by atoms with Crippen molar-refractivity contribution in [3.05, 3.63) is 0 Å². The van der Waals surface area contributed by atoms with E-state index in [-0.39, 0.29) is 5.60 Å². The molecule has 0 aromatic heterocycles. The fourth-order valence-corrected chi connectivity index (χ4v) is 2.37. The predicted octanol–water partition coefficient (Wildman–Crippen LogP) is 1.55. The molecule has 0 amide bonds. The molecule has 0 spiro atoms. The quantitative estimate of drug-likeness (QED) is 0.643. The van der Waals surface area contributed by atoms with Gasteiger partial charge in [0, 0.05) is 12.6 Å². The second kappa shape index (κ2) is 3.00. The summed E-state index contributed by atoms with van der Waals surface area (Å²) in [7, 11) is 0. The topological polar surface area (TPSA) is 21.3 Å². The maximum atomic E-state index is 5.77. The van der Waals surface area contributed by atoms with Crippen LogP contribution in [0.25, 0.3) is 0 Å². The van der Waals surface area contributed by atoms with Gasteiger partial charge in [-0.15, -0.1) is 0 Å². The van der Waals surface area contributed by atoms with Crippen LogP contribution in [0.4, 0.5) is 0 Å². The van der Waals surface area contributed by atoms with Gasteiger partial charge in [-0.1, -0.05) is 6.42 Å². The largest absolute Gasteiger partial charge is 0.373 e. The van der Waals surface area contributed by atoms with E-state index in [9.17, 15) is 0 Å². The monoisotopic (exact) mass is 169 g/mol. The minimum Gasteiger partial charge on any atom is -0.373 e. The van der Waals surface area contributed by atoms with Gasteiger partial charge in [0.1, 0.15) is 0 Å². The number of morpholine rings is 1. The third-order valence-corrected chi connectivity index (χ3v) is 3.31. The van der Waals surface area contributed by atoms with Crippen molar-refractivity contribution in [3.8, 4) is 0 Å². The summed E-state index contributed by atoms with van der Waals surface area (Å²) < 4.78 is 5.77. The van der Waals surface area contributed by atoms with Crippen molar-refractivity contribution in [2.24, 2.45) is 5.92 Å². The molecule has 0 aromatic rings. The van der Waals surface area contributed by atoms with E-state index in [0.29, 0.717) is 6.04 Å². The lowest BCUT2D eigenvalue weighted by Gasteiger charge is -2.46. The average Bonchev–Trinajstić information content (AvgIpc) is 1.89. The fraction of sp³-hybridized carbons (Fsp3) is 1.00. The zero-order valence-electron chi connectivity index (χ0n) is 8.10. The van der Waals surface area contributed by atoms with Crippen LogP contribution in [0.5, 0.6) is 0 Å². The molecule has 1 unspecified atom stereocenters. The van der Waals surface area contributed by atoms with E-state index < -0.39 is 0 Å². The highest BCUT2D eigenvalue weighted by Crippen LogP contribution is 2.36. The van der Waals surface area contributed by atoms with Gasteiger partial charge in [-0.05, 0) is 32.6 Å². The number of ether oxygens (including phenoxy) is 1. The fourth-order valence-electron chi connectivity index (χ4n) is 2.37. The summed E-state index contributed by atoms with van der Waals surface area (Å²) in [5, 5.41) is 3.59. The Kier molecular flexibility index (Phi) is 2.13. The van der Waals surface area contributed by atoms with Crippen LogP contribution in [0.1, 0.15) is 33.1 Å². The van der Waals surface area contributed by atoms with E-state index in [0.717, 1.165) is 19.1 Å². The normalized spacial score (nSPS) is 36.0. The van der Waals surface area contributed by atoms with Gasteiger partial charge in [-0.25, -0.2) is 0 Å². The van der Waals surface area contributed by atoms with Crippen LogP contribution in [0.3, 0.4) is 0 Å². The molecule has 12 heavy (non-hydrogen) atoms. The summed E-state index contributed by atoms with van der Waals surface area (Å²) in [5.74, 6) is 0.875. The Balaban J connectivity index is 2.00. The van der Waals surface area contributed by atoms with Crippen molar-refractivity contribution in [3.63, 3.8) is 0 Å². The van der Waals surface area contributed by atoms with Crippen molar-refractivity contribution in [1.82, 2.24) is 5.32 Å². The Bertz CT molecular complexity index is 163. The van der Waals surface area contributed by atoms with Crippen molar-refractivity contribution in [2.45, 2.75) is 44.8 Å². The second-order valence-corrected chi connectivity index (χ2v) is 4.57. The molecular weight excluding hydrogens is 150 g/mol. The molecule has 1 aliphatic heterocycles. The molecule has 1 N–H and O–H groups in total. The molecule has 1 saturated carbocycles. The van der Waals surface area contributed by atoms with Gasteiger partial charge >= 0.3 is 0 Å². The Morgan fingerprint density at radius 2 is 2.08 bits per heavy atom. The molecule has 0 bridgehead atoms. The molecule has 2 fully saturated rings. The lowest BCUT2D eigenvalue weighted by molar-refractivity contribution is -0.0946. The van der Waals surface area contributed by atoms with Gasteiger partial charge in [-0.3, -0.25) is 0 Å². The summed E-state index contributed by atoms with van der Waals surface area (Å²) in [6.45, 7) is 6.32. The molecule has 2 heteroatoms. The SMILES string of the molecule is CC1(C)OCCNC1C1CCC1. The van der Waals surface area contributed by atoms with E-state index in [1.807, 2.05) is 0 Å². The maximum absolute atomic E-state index is 5.77. The Hall–Kier alpha value is -0.0800. The Labute approximate surface area is 74.7 Å². The number of nitrogens with one attached hydrogen (secondary N) is 1. The van der Waals surface area contributed by atoms with Crippen molar-refractivity contribution >= 4 is 0 Å². The summed E-state index contributed by atoms with van der Waals surface area (Å²) >= 11 is 0. The van der Waals surface area contributed by atoms with Crippen molar-refractivity contribution < 1.29 is 4.74 Å². The third kappa shape index (κ3) is 1.38. The average molecular weight is 169 g/mol. The van der Waals surface area contributed by atoms with E-state index >= 15 is 0 Å². The van der Waals surface area contributed by atoms with Crippen LogP contribution >= 0.6 is 0 Å². The zero-order chi connectivity index (χ0) is 8.60. The number of rotatable bonds is 1. The molecule has 2 nitrogen and oxygen atoms in total. The molecule has 2 rings (SSSR count). The van der Waals surface area contributed by atoms with Gasteiger partial charge < -0.3 is 10.1 Å². The lowest BCUT2D eigenvalue weighted by atomic mass is 9.73. The molecular formula is C10H19NO. The molecule has 0 radical (unpaired) electrons. The van der Waals surface area contributed by atoms with Crippen LogP contribution in [0.15, 0.2) is 0 Å². The third-order valence-electron chi connectivity index (χ3n) is 3.31. The lowest BCUT2D eigenvalue weighted by Crippen LogP contribution is -2.59. The molecule has 1 saturated heterocycles. The van der Waals surface area contributed by atoms with Gasteiger partial charge in [0.2, 0.25) is 0 Å². The highest BCUT2D eigenvalue weighted by Gasteiger charge is 2.40. The molecule has 1 aliphatic carbocycles. The molecule has 70 valence electrons.